The fraction of sp³-hybridized carbons (Fsp3) is 0.222. The Morgan fingerprint density at radius 3 is 2.32 bits per heavy atom. The Kier molecular flexibility index (Phi) is 4.05. The highest BCUT2D eigenvalue weighted by molar-refractivity contribution is 14.1. The molecule has 1 saturated carbocycles. The Balaban J connectivity index is 1.77. The number of hydrogen-bond acceptors (Lipinski definition) is 2. The maximum atomic E-state index is 12.8. The number of halogens is 4. The summed E-state index contributed by atoms with van der Waals surface area (Å²) in [4.78, 5) is 8.91. The van der Waals surface area contributed by atoms with Gasteiger partial charge in [0.2, 0.25) is 0 Å². The minimum Gasteiger partial charge on any atom is -0.289 e. The number of aromatic nitrogens is 3. The second-order valence-corrected chi connectivity index (χ2v) is 7.20. The van der Waals surface area contributed by atoms with Crippen LogP contribution in [0.15, 0.2) is 48.9 Å². The molecule has 3 aromatic rings. The molecule has 2 aromatic heterocycles. The number of benzene rings is 1. The Morgan fingerprint density at radius 2 is 1.76 bits per heavy atom. The highest BCUT2D eigenvalue weighted by Crippen LogP contribution is 2.41. The molecule has 0 spiro atoms. The molecule has 1 aromatic carbocycles. The van der Waals surface area contributed by atoms with Crippen LogP contribution in [0, 0.1) is 3.70 Å². The molecule has 4 rings (SSSR count). The van der Waals surface area contributed by atoms with E-state index < -0.39 is 11.7 Å². The van der Waals surface area contributed by atoms with Crippen LogP contribution in [0.25, 0.3) is 16.9 Å². The summed E-state index contributed by atoms with van der Waals surface area (Å²) >= 11 is 2.13. The maximum absolute atomic E-state index is 12.8. The summed E-state index contributed by atoms with van der Waals surface area (Å²) in [6.07, 6.45) is 1.44. The van der Waals surface area contributed by atoms with Crippen molar-refractivity contribution < 1.29 is 13.2 Å². The molecule has 3 nitrogen and oxygen atoms in total. The molecule has 1 fully saturated rings. The topological polar surface area (TPSA) is 30.7 Å². The van der Waals surface area contributed by atoms with Gasteiger partial charge >= 0.3 is 6.18 Å². The monoisotopic (exact) mass is 455 g/mol. The maximum Gasteiger partial charge on any atom is 0.416 e. The van der Waals surface area contributed by atoms with E-state index in [9.17, 15) is 13.2 Å². The first kappa shape index (κ1) is 16.6. The van der Waals surface area contributed by atoms with Crippen LogP contribution in [0.3, 0.4) is 0 Å². The van der Waals surface area contributed by atoms with Crippen LogP contribution in [-0.2, 0) is 6.18 Å². The predicted molar refractivity (Wildman–Crippen MR) is 96.5 cm³/mol. The normalized spacial score (nSPS) is 14.7. The summed E-state index contributed by atoms with van der Waals surface area (Å²) in [6, 6.07) is 9.11. The van der Waals surface area contributed by atoms with Gasteiger partial charge in [0, 0.05) is 17.8 Å². The van der Waals surface area contributed by atoms with Gasteiger partial charge in [0.15, 0.2) is 0 Å². The zero-order chi connectivity index (χ0) is 17.6. The Labute approximate surface area is 156 Å². The highest BCUT2D eigenvalue weighted by atomic mass is 127. The van der Waals surface area contributed by atoms with Gasteiger partial charge in [-0.3, -0.25) is 4.57 Å². The lowest BCUT2D eigenvalue weighted by Crippen LogP contribution is -2.04. The molecule has 0 bridgehead atoms. The van der Waals surface area contributed by atoms with Gasteiger partial charge in [0.05, 0.1) is 5.56 Å². The summed E-state index contributed by atoms with van der Waals surface area (Å²) in [7, 11) is 0. The van der Waals surface area contributed by atoms with Gasteiger partial charge in [-0.2, -0.15) is 13.2 Å². The van der Waals surface area contributed by atoms with E-state index in [1.165, 1.54) is 12.1 Å². The molecule has 128 valence electrons. The van der Waals surface area contributed by atoms with E-state index in [0.717, 1.165) is 51.3 Å². The molecular weight excluding hydrogens is 442 g/mol. The van der Waals surface area contributed by atoms with Gasteiger partial charge in [-0.15, -0.1) is 0 Å². The van der Waals surface area contributed by atoms with Crippen molar-refractivity contribution in [1.29, 1.82) is 0 Å². The molecule has 0 N–H and O–H groups in total. The fourth-order valence-electron chi connectivity index (χ4n) is 2.70. The van der Waals surface area contributed by atoms with Gasteiger partial charge < -0.3 is 0 Å². The van der Waals surface area contributed by atoms with E-state index in [2.05, 4.69) is 27.6 Å². The lowest BCUT2D eigenvalue weighted by atomic mass is 10.0. The molecular formula is C18H13F3IN3. The summed E-state index contributed by atoms with van der Waals surface area (Å²) in [5.74, 6) is 1.17. The van der Waals surface area contributed by atoms with E-state index in [1.807, 2.05) is 22.9 Å². The second-order valence-electron chi connectivity index (χ2n) is 6.09. The fourth-order valence-corrected chi connectivity index (χ4v) is 3.12. The summed E-state index contributed by atoms with van der Waals surface area (Å²) in [5, 5.41) is 0. The van der Waals surface area contributed by atoms with Gasteiger partial charge in [0.25, 0.3) is 0 Å². The van der Waals surface area contributed by atoms with E-state index in [1.54, 1.807) is 6.33 Å². The smallest absolute Gasteiger partial charge is 0.289 e. The second kappa shape index (κ2) is 6.12. The predicted octanol–water partition coefficient (Wildman–Crippen LogP) is 5.44. The van der Waals surface area contributed by atoms with Crippen molar-refractivity contribution in [1.82, 2.24) is 14.5 Å². The van der Waals surface area contributed by atoms with Crippen LogP contribution in [0.2, 0.25) is 0 Å². The standard InChI is InChI=1S/C18H13F3IN3/c19-18(20,21)14-5-3-11(4-6-14)13-7-15(12-1-2-12)24-17(8-13)25-9-16(22)23-10-25/h3-10,12H,1-2H2. The minimum atomic E-state index is -4.32. The molecule has 0 aliphatic heterocycles. The molecule has 0 radical (unpaired) electrons. The van der Waals surface area contributed by atoms with Gasteiger partial charge in [0.1, 0.15) is 15.8 Å². The molecule has 7 heteroatoms. The molecule has 0 amide bonds. The SMILES string of the molecule is FC(F)(F)c1ccc(-c2cc(C3CC3)nc(-n3cnc(I)c3)c2)cc1. The van der Waals surface area contributed by atoms with E-state index in [-0.39, 0.29) is 0 Å². The van der Waals surface area contributed by atoms with Crippen molar-refractivity contribution in [2.75, 3.05) is 0 Å². The van der Waals surface area contributed by atoms with E-state index in [4.69, 9.17) is 4.98 Å². The average molecular weight is 455 g/mol. The summed E-state index contributed by atoms with van der Waals surface area (Å²) < 4.78 is 41.0. The molecule has 0 unspecified atom stereocenters. The zero-order valence-electron chi connectivity index (χ0n) is 13.0. The van der Waals surface area contributed by atoms with Crippen LogP contribution in [0.1, 0.15) is 30.0 Å². The van der Waals surface area contributed by atoms with Crippen LogP contribution in [-0.4, -0.2) is 14.5 Å². The van der Waals surface area contributed by atoms with Crippen molar-refractivity contribution in [2.24, 2.45) is 0 Å². The highest BCUT2D eigenvalue weighted by Gasteiger charge is 2.30. The minimum absolute atomic E-state index is 0.441. The molecule has 0 saturated heterocycles. The first-order chi connectivity index (χ1) is 11.9. The Hall–Kier alpha value is -1.90. The van der Waals surface area contributed by atoms with Crippen LogP contribution in [0.4, 0.5) is 13.2 Å². The van der Waals surface area contributed by atoms with Gasteiger partial charge in [-0.25, -0.2) is 9.97 Å². The number of hydrogen-bond donors (Lipinski definition) is 0. The largest absolute Gasteiger partial charge is 0.416 e. The van der Waals surface area contributed by atoms with E-state index in [0.29, 0.717) is 5.92 Å². The zero-order valence-corrected chi connectivity index (χ0v) is 15.1. The van der Waals surface area contributed by atoms with Crippen LogP contribution in [0.5, 0.6) is 0 Å². The van der Waals surface area contributed by atoms with Crippen molar-refractivity contribution in [3.63, 3.8) is 0 Å². The molecule has 0 atom stereocenters. The van der Waals surface area contributed by atoms with Crippen molar-refractivity contribution >= 4 is 22.6 Å². The number of pyridine rings is 1. The average Bonchev–Trinajstić information content (AvgIpc) is 3.35. The summed E-state index contributed by atoms with van der Waals surface area (Å²) in [5.41, 5.74) is 1.95. The molecule has 2 heterocycles. The van der Waals surface area contributed by atoms with Gasteiger partial charge in [-0.1, -0.05) is 12.1 Å². The quantitative estimate of drug-likeness (QED) is 0.493. The number of imidazole rings is 1. The third-order valence-electron chi connectivity index (χ3n) is 4.19. The lowest BCUT2D eigenvalue weighted by molar-refractivity contribution is -0.137. The molecule has 1 aliphatic rings. The summed E-state index contributed by atoms with van der Waals surface area (Å²) in [6.45, 7) is 0. The first-order valence-corrected chi connectivity index (χ1v) is 8.87. The van der Waals surface area contributed by atoms with Gasteiger partial charge in [-0.05, 0) is 70.8 Å². The molecule has 25 heavy (non-hydrogen) atoms. The van der Waals surface area contributed by atoms with Crippen LogP contribution >= 0.6 is 22.6 Å². The Morgan fingerprint density at radius 1 is 1.04 bits per heavy atom. The van der Waals surface area contributed by atoms with Crippen LogP contribution < -0.4 is 0 Å². The van der Waals surface area contributed by atoms with E-state index >= 15 is 0 Å². The lowest BCUT2D eigenvalue weighted by Gasteiger charge is -2.11. The third kappa shape index (κ3) is 3.56. The number of rotatable bonds is 3. The number of nitrogens with zero attached hydrogens (tertiary/aromatic N) is 3. The van der Waals surface area contributed by atoms with Crippen molar-refractivity contribution in [3.8, 4) is 16.9 Å². The Bertz CT molecular complexity index is 912. The number of alkyl halides is 3. The van der Waals surface area contributed by atoms with Crippen molar-refractivity contribution in [3.05, 3.63) is 63.9 Å². The first-order valence-electron chi connectivity index (χ1n) is 7.79. The molecule has 1 aliphatic carbocycles. The van der Waals surface area contributed by atoms with Crippen molar-refractivity contribution in [2.45, 2.75) is 24.9 Å². The third-order valence-corrected chi connectivity index (χ3v) is 4.75.